The molecule has 2 heterocycles. The van der Waals surface area contributed by atoms with Gasteiger partial charge in [-0.1, -0.05) is 5.16 Å². The van der Waals surface area contributed by atoms with E-state index in [0.717, 1.165) is 0 Å². The monoisotopic (exact) mass is 220 g/mol. The van der Waals surface area contributed by atoms with Crippen molar-refractivity contribution in [3.05, 3.63) is 29.7 Å². The van der Waals surface area contributed by atoms with Gasteiger partial charge in [0.05, 0.1) is 18.4 Å². The van der Waals surface area contributed by atoms with Crippen LogP contribution in [0, 0.1) is 5.82 Å². The molecule has 1 aromatic carbocycles. The van der Waals surface area contributed by atoms with E-state index in [0.29, 0.717) is 35.5 Å². The van der Waals surface area contributed by atoms with E-state index in [1.807, 2.05) is 0 Å². The van der Waals surface area contributed by atoms with Crippen LogP contribution in [0.4, 0.5) is 10.3 Å². The van der Waals surface area contributed by atoms with Crippen molar-refractivity contribution >= 4 is 5.88 Å². The van der Waals surface area contributed by atoms with Gasteiger partial charge in [0.25, 0.3) is 0 Å². The molecule has 0 fully saturated rings. The minimum Gasteiger partial charge on any atom is -0.493 e. The lowest BCUT2D eigenvalue weighted by Gasteiger charge is -2.04. The topological polar surface area (TPSA) is 61.3 Å². The van der Waals surface area contributed by atoms with E-state index in [4.69, 9.17) is 15.0 Å². The maximum Gasteiger partial charge on any atom is 0.230 e. The molecule has 0 saturated heterocycles. The number of hydrogen-bond acceptors (Lipinski definition) is 4. The molecule has 82 valence electrons. The van der Waals surface area contributed by atoms with Crippen LogP contribution < -0.4 is 10.5 Å². The van der Waals surface area contributed by atoms with Gasteiger partial charge in [0.1, 0.15) is 11.6 Å². The molecule has 0 bridgehead atoms. The van der Waals surface area contributed by atoms with Gasteiger partial charge < -0.3 is 15.0 Å². The minimum atomic E-state index is -0.301. The fourth-order valence-electron chi connectivity index (χ4n) is 1.89. The Labute approximate surface area is 90.8 Å². The van der Waals surface area contributed by atoms with E-state index >= 15 is 0 Å². The average molecular weight is 220 g/mol. The number of aromatic nitrogens is 1. The molecule has 2 aromatic rings. The smallest absolute Gasteiger partial charge is 0.230 e. The fraction of sp³-hybridized carbons (Fsp3) is 0.182. The summed E-state index contributed by atoms with van der Waals surface area (Å²) < 4.78 is 24.1. The molecule has 5 heteroatoms. The van der Waals surface area contributed by atoms with Crippen LogP contribution in [0.2, 0.25) is 0 Å². The summed E-state index contributed by atoms with van der Waals surface area (Å²) in [7, 11) is 0. The number of anilines is 1. The second kappa shape index (κ2) is 3.23. The van der Waals surface area contributed by atoms with E-state index in [1.165, 1.54) is 6.20 Å². The molecular formula is C11H9FN2O2. The lowest BCUT2D eigenvalue weighted by molar-refractivity contribution is 0.357. The van der Waals surface area contributed by atoms with Gasteiger partial charge in [-0.15, -0.1) is 0 Å². The zero-order chi connectivity index (χ0) is 11.1. The summed E-state index contributed by atoms with van der Waals surface area (Å²) in [5.41, 5.74) is 7.04. The average Bonchev–Trinajstić information content (AvgIpc) is 2.88. The van der Waals surface area contributed by atoms with Gasteiger partial charge in [-0.3, -0.25) is 0 Å². The minimum absolute atomic E-state index is 0.123. The molecule has 0 aliphatic carbocycles. The second-order valence-corrected chi connectivity index (χ2v) is 3.61. The molecule has 0 amide bonds. The normalized spacial score (nSPS) is 13.6. The summed E-state index contributed by atoms with van der Waals surface area (Å²) in [6, 6.07) is 3.37. The number of halogens is 1. The van der Waals surface area contributed by atoms with E-state index < -0.39 is 0 Å². The number of ether oxygens (including phenoxy) is 1. The van der Waals surface area contributed by atoms with E-state index in [1.54, 1.807) is 12.1 Å². The van der Waals surface area contributed by atoms with Crippen LogP contribution in [0.25, 0.3) is 11.1 Å². The van der Waals surface area contributed by atoms with Crippen molar-refractivity contribution in [2.45, 2.75) is 6.42 Å². The van der Waals surface area contributed by atoms with Gasteiger partial charge in [0.15, 0.2) is 0 Å². The van der Waals surface area contributed by atoms with Gasteiger partial charge in [0.2, 0.25) is 5.88 Å². The summed E-state index contributed by atoms with van der Waals surface area (Å²) in [6.45, 7) is 0.523. The van der Waals surface area contributed by atoms with Gasteiger partial charge in [-0.2, -0.15) is 0 Å². The first-order valence-corrected chi connectivity index (χ1v) is 4.92. The van der Waals surface area contributed by atoms with Crippen LogP contribution >= 0.6 is 0 Å². The molecule has 3 rings (SSSR count). The zero-order valence-electron chi connectivity index (χ0n) is 8.37. The van der Waals surface area contributed by atoms with Gasteiger partial charge in [0, 0.05) is 17.5 Å². The summed E-state index contributed by atoms with van der Waals surface area (Å²) in [6.07, 6.45) is 2.00. The van der Waals surface area contributed by atoms with Crippen molar-refractivity contribution in [3.8, 4) is 16.9 Å². The van der Waals surface area contributed by atoms with Crippen molar-refractivity contribution < 1.29 is 13.7 Å². The Morgan fingerprint density at radius 3 is 2.94 bits per heavy atom. The Morgan fingerprint density at radius 2 is 2.19 bits per heavy atom. The largest absolute Gasteiger partial charge is 0.493 e. The number of hydrogen-bond donors (Lipinski definition) is 1. The highest BCUT2D eigenvalue weighted by Gasteiger charge is 2.21. The SMILES string of the molecule is Nc1oncc1-c1ccc2c(c1F)CCO2. The van der Waals surface area contributed by atoms with Crippen LogP contribution in [-0.2, 0) is 6.42 Å². The van der Waals surface area contributed by atoms with Gasteiger partial charge in [-0.25, -0.2) is 4.39 Å². The lowest BCUT2D eigenvalue weighted by Crippen LogP contribution is -1.92. The fourth-order valence-corrected chi connectivity index (χ4v) is 1.89. The highest BCUT2D eigenvalue weighted by Crippen LogP contribution is 2.35. The number of nitrogens with two attached hydrogens (primary N) is 1. The van der Waals surface area contributed by atoms with Gasteiger partial charge in [-0.05, 0) is 12.1 Å². The Kier molecular flexibility index (Phi) is 1.86. The second-order valence-electron chi connectivity index (χ2n) is 3.61. The number of nitrogen functional groups attached to an aromatic ring is 1. The quantitative estimate of drug-likeness (QED) is 0.798. The standard InChI is InChI=1S/C11H9FN2O2/c12-10-6(8-5-14-16-11(8)13)1-2-9-7(10)3-4-15-9/h1-2,5H,3-4,13H2. The highest BCUT2D eigenvalue weighted by molar-refractivity contribution is 5.74. The molecule has 16 heavy (non-hydrogen) atoms. The van der Waals surface area contributed by atoms with Crippen LogP contribution in [0.5, 0.6) is 5.75 Å². The first-order chi connectivity index (χ1) is 7.77. The van der Waals surface area contributed by atoms with E-state index in [-0.39, 0.29) is 11.7 Å². The van der Waals surface area contributed by atoms with Crippen molar-refractivity contribution in [3.63, 3.8) is 0 Å². The van der Waals surface area contributed by atoms with Crippen molar-refractivity contribution in [2.75, 3.05) is 12.3 Å². The number of benzene rings is 1. The number of rotatable bonds is 1. The van der Waals surface area contributed by atoms with E-state index in [9.17, 15) is 4.39 Å². The maximum absolute atomic E-state index is 14.1. The molecule has 1 aromatic heterocycles. The van der Waals surface area contributed by atoms with Crippen LogP contribution in [0.1, 0.15) is 5.56 Å². The Hall–Kier alpha value is -2.04. The molecular weight excluding hydrogens is 211 g/mol. The summed E-state index contributed by atoms with van der Waals surface area (Å²) >= 11 is 0. The molecule has 0 radical (unpaired) electrons. The predicted octanol–water partition coefficient (Wildman–Crippen LogP) is 2.00. The van der Waals surface area contributed by atoms with Crippen molar-refractivity contribution in [1.82, 2.24) is 5.16 Å². The van der Waals surface area contributed by atoms with Crippen molar-refractivity contribution in [2.24, 2.45) is 0 Å². The molecule has 0 saturated carbocycles. The number of nitrogens with zero attached hydrogens (tertiary/aromatic N) is 1. The van der Waals surface area contributed by atoms with Crippen LogP contribution in [-0.4, -0.2) is 11.8 Å². The Bertz CT molecular complexity index is 551. The van der Waals surface area contributed by atoms with Crippen LogP contribution in [0.3, 0.4) is 0 Å². The molecule has 0 unspecified atom stereocenters. The van der Waals surface area contributed by atoms with E-state index in [2.05, 4.69) is 5.16 Å². The molecule has 2 N–H and O–H groups in total. The van der Waals surface area contributed by atoms with Crippen molar-refractivity contribution in [1.29, 1.82) is 0 Å². The summed E-state index contributed by atoms with van der Waals surface area (Å²) in [5, 5.41) is 3.53. The first kappa shape index (κ1) is 9.21. The molecule has 4 nitrogen and oxygen atoms in total. The van der Waals surface area contributed by atoms with Gasteiger partial charge >= 0.3 is 0 Å². The predicted molar refractivity (Wildman–Crippen MR) is 55.5 cm³/mol. The van der Waals surface area contributed by atoms with Crippen LogP contribution in [0.15, 0.2) is 22.9 Å². The first-order valence-electron chi connectivity index (χ1n) is 4.92. The third kappa shape index (κ3) is 1.18. The maximum atomic E-state index is 14.1. The molecule has 0 atom stereocenters. The Morgan fingerprint density at radius 1 is 1.31 bits per heavy atom. The third-order valence-corrected chi connectivity index (χ3v) is 2.70. The molecule has 1 aliphatic heterocycles. The highest BCUT2D eigenvalue weighted by atomic mass is 19.1. The summed E-state index contributed by atoms with van der Waals surface area (Å²) in [5.74, 6) is 0.430. The lowest BCUT2D eigenvalue weighted by atomic mass is 10.0. The summed E-state index contributed by atoms with van der Waals surface area (Å²) in [4.78, 5) is 0. The zero-order valence-corrected chi connectivity index (χ0v) is 8.37. The number of fused-ring (bicyclic) bond motifs is 1. The third-order valence-electron chi connectivity index (χ3n) is 2.70. The Balaban J connectivity index is 2.20. The molecule has 1 aliphatic rings. The molecule has 0 spiro atoms.